The molecule has 0 heterocycles. The van der Waals surface area contributed by atoms with Crippen molar-refractivity contribution in [3.8, 4) is 0 Å². The molecule has 0 saturated heterocycles. The maximum atomic E-state index is 12.5. The summed E-state index contributed by atoms with van der Waals surface area (Å²) in [6.07, 6.45) is 34.0. The van der Waals surface area contributed by atoms with Gasteiger partial charge in [-0.25, -0.2) is 4.57 Å². The monoisotopic (exact) mass is 730 g/mol. The van der Waals surface area contributed by atoms with Crippen molar-refractivity contribution in [1.29, 1.82) is 0 Å². The first-order chi connectivity index (χ1) is 24.2. The number of hydrogen-bond acceptors (Lipinski definition) is 9. The second-order valence-electron chi connectivity index (χ2n) is 12.9. The summed E-state index contributed by atoms with van der Waals surface area (Å²) in [5.41, 5.74) is 0. The van der Waals surface area contributed by atoms with Gasteiger partial charge in [0.15, 0.2) is 6.10 Å². The number of carbonyl (C=O) groups excluding carboxylic acids is 2. The maximum absolute atomic E-state index is 12.5. The van der Waals surface area contributed by atoms with Crippen molar-refractivity contribution in [1.82, 2.24) is 0 Å². The third-order valence-electron chi connectivity index (χ3n) is 8.06. The number of aliphatic hydroxyl groups is 2. The van der Waals surface area contributed by atoms with Crippen LogP contribution in [0.15, 0.2) is 36.5 Å². The standard InChI is InChI=1S/C39H71O10P/c1-3-5-7-9-11-13-15-17-18-19-21-22-24-26-28-30-38(42)46-34-37(35-48-50(44,45)47-33-36(41)32-40)49-39(43)31-29-27-25-23-20-16-14-12-10-8-6-4-2/h5,7,11,13,17-18,36-37,40-41H,3-4,6,8-10,12,14-16,19-35H2,1-2H3,(H,44,45)/b7-5-,13-11-,18-17-/t36-,37+/m0/s1. The second kappa shape index (κ2) is 35.6. The van der Waals surface area contributed by atoms with E-state index in [0.29, 0.717) is 12.8 Å². The van der Waals surface area contributed by atoms with E-state index in [1.807, 2.05) is 0 Å². The second-order valence-corrected chi connectivity index (χ2v) is 14.4. The minimum absolute atomic E-state index is 0.182. The molecule has 0 aromatic rings. The smallest absolute Gasteiger partial charge is 0.462 e. The van der Waals surface area contributed by atoms with Crippen LogP contribution < -0.4 is 0 Å². The molecule has 0 amide bonds. The zero-order valence-electron chi connectivity index (χ0n) is 31.4. The molecular formula is C39H71O10P. The van der Waals surface area contributed by atoms with Crippen LogP contribution in [0.5, 0.6) is 0 Å². The fourth-order valence-corrected chi connectivity index (χ4v) is 5.85. The van der Waals surface area contributed by atoms with Gasteiger partial charge in [-0.3, -0.25) is 18.6 Å². The Bertz CT molecular complexity index is 936. The van der Waals surface area contributed by atoms with Crippen LogP contribution in [-0.2, 0) is 32.7 Å². The van der Waals surface area contributed by atoms with E-state index in [4.69, 9.17) is 19.1 Å². The molecule has 0 aromatic carbocycles. The first-order valence-electron chi connectivity index (χ1n) is 19.4. The molecule has 0 aliphatic rings. The molecule has 0 spiro atoms. The van der Waals surface area contributed by atoms with Gasteiger partial charge in [-0.15, -0.1) is 0 Å². The zero-order valence-corrected chi connectivity index (χ0v) is 32.3. The van der Waals surface area contributed by atoms with Gasteiger partial charge >= 0.3 is 19.8 Å². The molecule has 3 N–H and O–H groups in total. The average molecular weight is 731 g/mol. The van der Waals surface area contributed by atoms with Crippen LogP contribution in [0.3, 0.4) is 0 Å². The Labute approximate surface area is 303 Å². The minimum atomic E-state index is -4.61. The molecule has 0 bridgehead atoms. The van der Waals surface area contributed by atoms with Crippen molar-refractivity contribution in [2.24, 2.45) is 0 Å². The zero-order chi connectivity index (χ0) is 37.0. The van der Waals surface area contributed by atoms with E-state index in [1.165, 1.54) is 51.4 Å². The van der Waals surface area contributed by atoms with Gasteiger partial charge in [0.1, 0.15) is 12.7 Å². The molecule has 1 unspecified atom stereocenters. The number of aliphatic hydroxyl groups excluding tert-OH is 2. The largest absolute Gasteiger partial charge is 0.472 e. The lowest BCUT2D eigenvalue weighted by molar-refractivity contribution is -0.161. The molecule has 0 aliphatic carbocycles. The average Bonchev–Trinajstić information content (AvgIpc) is 3.10. The van der Waals surface area contributed by atoms with Crippen molar-refractivity contribution in [3.63, 3.8) is 0 Å². The van der Waals surface area contributed by atoms with E-state index in [9.17, 15) is 24.2 Å². The minimum Gasteiger partial charge on any atom is -0.462 e. The van der Waals surface area contributed by atoms with E-state index in [-0.39, 0.29) is 19.4 Å². The van der Waals surface area contributed by atoms with Crippen LogP contribution in [0.25, 0.3) is 0 Å². The van der Waals surface area contributed by atoms with Crippen molar-refractivity contribution in [3.05, 3.63) is 36.5 Å². The van der Waals surface area contributed by atoms with Gasteiger partial charge in [0.2, 0.25) is 0 Å². The van der Waals surface area contributed by atoms with Gasteiger partial charge < -0.3 is 24.6 Å². The van der Waals surface area contributed by atoms with Crippen molar-refractivity contribution < 1.29 is 47.8 Å². The van der Waals surface area contributed by atoms with Gasteiger partial charge in [-0.2, -0.15) is 0 Å². The van der Waals surface area contributed by atoms with Crippen LogP contribution in [0, 0.1) is 0 Å². The number of esters is 2. The van der Waals surface area contributed by atoms with Crippen molar-refractivity contribution in [2.75, 3.05) is 26.4 Å². The number of ether oxygens (including phenoxy) is 2. The summed E-state index contributed by atoms with van der Waals surface area (Å²) in [5.74, 6) is -0.944. The number of rotatable bonds is 36. The van der Waals surface area contributed by atoms with Crippen molar-refractivity contribution in [2.45, 2.75) is 174 Å². The first kappa shape index (κ1) is 48.2. The molecule has 0 aromatic heterocycles. The van der Waals surface area contributed by atoms with Gasteiger partial charge in [0.25, 0.3) is 0 Å². The van der Waals surface area contributed by atoms with E-state index in [2.05, 4.69) is 54.8 Å². The van der Waals surface area contributed by atoms with Gasteiger partial charge in [0.05, 0.1) is 19.8 Å². The number of carbonyl (C=O) groups is 2. The number of hydrogen-bond donors (Lipinski definition) is 3. The molecule has 292 valence electrons. The third-order valence-corrected chi connectivity index (χ3v) is 9.01. The van der Waals surface area contributed by atoms with Crippen molar-refractivity contribution >= 4 is 19.8 Å². The summed E-state index contributed by atoms with van der Waals surface area (Å²) in [6, 6.07) is 0. The topological polar surface area (TPSA) is 149 Å². The highest BCUT2D eigenvalue weighted by atomic mass is 31.2. The molecule has 3 atom stereocenters. The number of phosphoric acid groups is 1. The lowest BCUT2D eigenvalue weighted by Gasteiger charge is -2.20. The van der Waals surface area contributed by atoms with Gasteiger partial charge in [-0.05, 0) is 44.9 Å². The van der Waals surface area contributed by atoms with Crippen LogP contribution in [0.1, 0.15) is 162 Å². The Kier molecular flexibility index (Phi) is 34.3. The normalized spacial score (nSPS) is 14.4. The molecular weight excluding hydrogens is 659 g/mol. The van der Waals surface area contributed by atoms with Gasteiger partial charge in [-0.1, -0.05) is 140 Å². The molecule has 11 heteroatoms. The molecule has 0 aliphatic heterocycles. The Hall–Kier alpha value is -1.81. The maximum Gasteiger partial charge on any atom is 0.472 e. The Morgan fingerprint density at radius 2 is 1.10 bits per heavy atom. The number of unbranched alkanes of at least 4 members (excludes halogenated alkanes) is 16. The fraction of sp³-hybridized carbons (Fsp3) is 0.795. The summed E-state index contributed by atoms with van der Waals surface area (Å²) in [5, 5.41) is 18.3. The molecule has 0 radical (unpaired) electrons. The lowest BCUT2D eigenvalue weighted by atomic mass is 10.0. The Balaban J connectivity index is 4.37. The molecule has 0 rings (SSSR count). The molecule has 50 heavy (non-hydrogen) atoms. The Morgan fingerprint density at radius 3 is 1.66 bits per heavy atom. The summed E-state index contributed by atoms with van der Waals surface area (Å²) in [7, 11) is -4.61. The lowest BCUT2D eigenvalue weighted by Crippen LogP contribution is -2.29. The van der Waals surface area contributed by atoms with Gasteiger partial charge in [0, 0.05) is 12.8 Å². The fourth-order valence-electron chi connectivity index (χ4n) is 5.07. The quantitative estimate of drug-likeness (QED) is 0.0246. The predicted octanol–water partition coefficient (Wildman–Crippen LogP) is 9.61. The van der Waals surface area contributed by atoms with E-state index in [0.717, 1.165) is 70.6 Å². The van der Waals surface area contributed by atoms with Crippen LogP contribution >= 0.6 is 7.82 Å². The molecule has 10 nitrogen and oxygen atoms in total. The number of allylic oxidation sites excluding steroid dienone is 6. The van der Waals surface area contributed by atoms with Crippen LogP contribution in [0.2, 0.25) is 0 Å². The summed E-state index contributed by atoms with van der Waals surface area (Å²) in [6.45, 7) is 2.23. The summed E-state index contributed by atoms with van der Waals surface area (Å²) < 4.78 is 32.6. The van der Waals surface area contributed by atoms with E-state index in [1.54, 1.807) is 0 Å². The number of phosphoric ester groups is 1. The summed E-state index contributed by atoms with van der Waals surface area (Å²) >= 11 is 0. The highest BCUT2D eigenvalue weighted by Gasteiger charge is 2.27. The van der Waals surface area contributed by atoms with E-state index < -0.39 is 51.8 Å². The SMILES string of the molecule is CC/C=C\C/C=C\C/C=C\CCCCCCCC(=O)OC[C@H](COP(=O)(O)OC[C@@H](O)CO)OC(=O)CCCCCCCCCCCCCC. The third kappa shape index (κ3) is 34.6. The van der Waals surface area contributed by atoms with Crippen LogP contribution in [-0.4, -0.2) is 65.7 Å². The van der Waals surface area contributed by atoms with Crippen LogP contribution in [0.4, 0.5) is 0 Å². The van der Waals surface area contributed by atoms with E-state index >= 15 is 0 Å². The summed E-state index contributed by atoms with van der Waals surface area (Å²) in [4.78, 5) is 34.8. The highest BCUT2D eigenvalue weighted by molar-refractivity contribution is 7.47. The predicted molar refractivity (Wildman–Crippen MR) is 201 cm³/mol. The highest BCUT2D eigenvalue weighted by Crippen LogP contribution is 2.43. The Morgan fingerprint density at radius 1 is 0.620 bits per heavy atom. The molecule has 0 fully saturated rings. The molecule has 0 saturated carbocycles. The first-order valence-corrected chi connectivity index (χ1v) is 20.9.